The lowest BCUT2D eigenvalue weighted by molar-refractivity contribution is 0.0696. The van der Waals surface area contributed by atoms with Crippen LogP contribution in [0.5, 0.6) is 11.5 Å². The normalized spacial score (nSPS) is 10.5. The van der Waals surface area contributed by atoms with Gasteiger partial charge in [-0.2, -0.15) is 0 Å². The number of benzene rings is 2. The van der Waals surface area contributed by atoms with E-state index in [-0.39, 0.29) is 5.56 Å². The predicted molar refractivity (Wildman–Crippen MR) is 86.0 cm³/mol. The molecule has 0 amide bonds. The molecule has 23 heavy (non-hydrogen) atoms. The number of methoxy groups -OCH3 is 1. The van der Waals surface area contributed by atoms with E-state index in [1.807, 2.05) is 24.3 Å². The molecule has 1 aromatic heterocycles. The Morgan fingerprint density at radius 2 is 1.83 bits per heavy atom. The van der Waals surface area contributed by atoms with E-state index in [0.717, 1.165) is 16.7 Å². The van der Waals surface area contributed by atoms with Gasteiger partial charge in [-0.1, -0.05) is 12.1 Å². The number of nitrogens with zero attached hydrogens (tertiary/aromatic N) is 1. The van der Waals surface area contributed by atoms with Gasteiger partial charge < -0.3 is 14.6 Å². The van der Waals surface area contributed by atoms with Crippen molar-refractivity contribution in [3.05, 3.63) is 65.9 Å². The lowest BCUT2D eigenvalue weighted by atomic mass is 10.1. The molecule has 0 saturated heterocycles. The Kier molecular flexibility index (Phi) is 4.10. The van der Waals surface area contributed by atoms with Crippen molar-refractivity contribution in [1.29, 1.82) is 0 Å². The number of hydrogen-bond donors (Lipinski definition) is 1. The van der Waals surface area contributed by atoms with Crippen LogP contribution in [-0.4, -0.2) is 23.2 Å². The maximum atomic E-state index is 10.9. The Morgan fingerprint density at radius 3 is 2.52 bits per heavy atom. The number of aromatic nitrogens is 1. The van der Waals surface area contributed by atoms with Gasteiger partial charge in [0, 0.05) is 17.6 Å². The fraction of sp³-hybridized carbons (Fsp3) is 0.111. The van der Waals surface area contributed by atoms with Gasteiger partial charge in [0.25, 0.3) is 0 Å². The number of rotatable bonds is 5. The topological polar surface area (TPSA) is 68.7 Å². The number of carboxylic acids is 1. The molecule has 116 valence electrons. The first-order valence-electron chi connectivity index (χ1n) is 7.04. The van der Waals surface area contributed by atoms with Gasteiger partial charge in [0.2, 0.25) is 0 Å². The first-order chi connectivity index (χ1) is 11.2. The van der Waals surface area contributed by atoms with Crippen LogP contribution in [0.15, 0.2) is 54.7 Å². The van der Waals surface area contributed by atoms with Crippen LogP contribution >= 0.6 is 0 Å². The van der Waals surface area contributed by atoms with E-state index in [1.165, 1.54) is 6.20 Å². The second-order valence-electron chi connectivity index (χ2n) is 5.02. The zero-order valence-electron chi connectivity index (χ0n) is 12.5. The van der Waals surface area contributed by atoms with Gasteiger partial charge in [-0.15, -0.1) is 0 Å². The van der Waals surface area contributed by atoms with Crippen LogP contribution in [0.3, 0.4) is 0 Å². The lowest BCUT2D eigenvalue weighted by Gasteiger charge is -2.08. The first-order valence-corrected chi connectivity index (χ1v) is 7.04. The van der Waals surface area contributed by atoms with E-state index in [1.54, 1.807) is 31.4 Å². The van der Waals surface area contributed by atoms with Crippen LogP contribution < -0.4 is 9.47 Å². The Morgan fingerprint density at radius 1 is 1.09 bits per heavy atom. The zero-order chi connectivity index (χ0) is 16.2. The fourth-order valence-electron chi connectivity index (χ4n) is 2.20. The standard InChI is InChI=1S/C18H15NO4/c1-22-15-5-2-12(3-6-15)11-23-16-7-4-13-8-14(18(20)21)10-19-17(13)9-16/h2-10H,11H2,1H3,(H,20,21). The van der Waals surface area contributed by atoms with Gasteiger partial charge >= 0.3 is 5.97 Å². The molecule has 0 bridgehead atoms. The predicted octanol–water partition coefficient (Wildman–Crippen LogP) is 3.52. The fourth-order valence-corrected chi connectivity index (χ4v) is 2.20. The number of carboxylic acid groups (broad SMARTS) is 1. The molecule has 0 aliphatic rings. The summed E-state index contributed by atoms with van der Waals surface area (Å²) in [5, 5.41) is 9.74. The molecule has 0 unspecified atom stereocenters. The monoisotopic (exact) mass is 309 g/mol. The molecule has 0 radical (unpaired) electrons. The largest absolute Gasteiger partial charge is 0.497 e. The molecule has 0 spiro atoms. The van der Waals surface area contributed by atoms with Crippen LogP contribution in [0, 0.1) is 0 Å². The number of pyridine rings is 1. The molecule has 0 fully saturated rings. The Labute approximate surface area is 133 Å². The van der Waals surface area contributed by atoms with Crippen LogP contribution in [0.1, 0.15) is 15.9 Å². The summed E-state index contributed by atoms with van der Waals surface area (Å²) in [5.74, 6) is 0.501. The summed E-state index contributed by atoms with van der Waals surface area (Å²) in [6, 6.07) is 14.6. The number of aromatic carboxylic acids is 1. The molecule has 3 rings (SSSR count). The van der Waals surface area contributed by atoms with E-state index in [2.05, 4.69) is 4.98 Å². The van der Waals surface area contributed by atoms with Crippen LogP contribution in [-0.2, 0) is 6.61 Å². The summed E-state index contributed by atoms with van der Waals surface area (Å²) < 4.78 is 10.9. The third-order valence-corrected chi connectivity index (χ3v) is 3.47. The summed E-state index contributed by atoms with van der Waals surface area (Å²) in [5.41, 5.74) is 1.90. The highest BCUT2D eigenvalue weighted by molar-refractivity contribution is 5.92. The minimum Gasteiger partial charge on any atom is -0.497 e. The number of fused-ring (bicyclic) bond motifs is 1. The Hall–Kier alpha value is -3.08. The van der Waals surface area contributed by atoms with Crippen molar-refractivity contribution in [2.75, 3.05) is 7.11 Å². The Bertz CT molecular complexity index is 843. The molecule has 2 aromatic carbocycles. The molecular formula is C18H15NO4. The molecular weight excluding hydrogens is 294 g/mol. The quantitative estimate of drug-likeness (QED) is 0.781. The minimum absolute atomic E-state index is 0.171. The van der Waals surface area contributed by atoms with Crippen molar-refractivity contribution in [2.45, 2.75) is 6.61 Å². The SMILES string of the molecule is COc1ccc(COc2ccc3cc(C(=O)O)cnc3c2)cc1. The molecule has 0 aliphatic heterocycles. The molecule has 0 atom stereocenters. The van der Waals surface area contributed by atoms with Crippen LogP contribution in [0.2, 0.25) is 0 Å². The van der Waals surface area contributed by atoms with Crippen LogP contribution in [0.4, 0.5) is 0 Å². The van der Waals surface area contributed by atoms with Gasteiger partial charge in [0.15, 0.2) is 0 Å². The van der Waals surface area contributed by atoms with Gasteiger partial charge in [-0.05, 0) is 35.9 Å². The highest BCUT2D eigenvalue weighted by atomic mass is 16.5. The van der Waals surface area contributed by atoms with Crippen LogP contribution in [0.25, 0.3) is 10.9 Å². The van der Waals surface area contributed by atoms with Crippen molar-refractivity contribution in [2.24, 2.45) is 0 Å². The summed E-state index contributed by atoms with van der Waals surface area (Å²) in [6.45, 7) is 0.433. The number of carbonyl (C=O) groups is 1. The van der Waals surface area contributed by atoms with E-state index >= 15 is 0 Å². The molecule has 1 heterocycles. The highest BCUT2D eigenvalue weighted by Crippen LogP contribution is 2.21. The summed E-state index contributed by atoms with van der Waals surface area (Å²) in [6.07, 6.45) is 1.35. The minimum atomic E-state index is -0.987. The third-order valence-electron chi connectivity index (χ3n) is 3.47. The van der Waals surface area contributed by atoms with E-state index in [0.29, 0.717) is 17.9 Å². The summed E-state index contributed by atoms with van der Waals surface area (Å²) in [4.78, 5) is 15.1. The van der Waals surface area contributed by atoms with Crippen molar-refractivity contribution in [3.63, 3.8) is 0 Å². The maximum absolute atomic E-state index is 10.9. The molecule has 5 heteroatoms. The summed E-state index contributed by atoms with van der Waals surface area (Å²) >= 11 is 0. The van der Waals surface area contributed by atoms with E-state index in [4.69, 9.17) is 14.6 Å². The molecule has 3 aromatic rings. The second-order valence-corrected chi connectivity index (χ2v) is 5.02. The van der Waals surface area contributed by atoms with Crippen molar-refractivity contribution < 1.29 is 19.4 Å². The zero-order valence-corrected chi connectivity index (χ0v) is 12.5. The van der Waals surface area contributed by atoms with Gasteiger partial charge in [0.05, 0.1) is 18.2 Å². The number of ether oxygens (including phenoxy) is 2. The Balaban J connectivity index is 1.75. The van der Waals surface area contributed by atoms with Gasteiger partial charge in [-0.3, -0.25) is 4.98 Å². The smallest absolute Gasteiger partial charge is 0.337 e. The van der Waals surface area contributed by atoms with E-state index < -0.39 is 5.97 Å². The van der Waals surface area contributed by atoms with Crippen molar-refractivity contribution in [3.8, 4) is 11.5 Å². The lowest BCUT2D eigenvalue weighted by Crippen LogP contribution is -1.98. The molecule has 5 nitrogen and oxygen atoms in total. The highest BCUT2D eigenvalue weighted by Gasteiger charge is 2.06. The van der Waals surface area contributed by atoms with Gasteiger partial charge in [-0.25, -0.2) is 4.79 Å². The second kappa shape index (κ2) is 6.36. The average Bonchev–Trinajstić information content (AvgIpc) is 2.59. The van der Waals surface area contributed by atoms with E-state index in [9.17, 15) is 4.79 Å². The third kappa shape index (κ3) is 3.40. The van der Waals surface area contributed by atoms with Crippen molar-refractivity contribution in [1.82, 2.24) is 4.98 Å². The maximum Gasteiger partial charge on any atom is 0.337 e. The summed E-state index contributed by atoms with van der Waals surface area (Å²) in [7, 11) is 1.63. The average molecular weight is 309 g/mol. The first kappa shape index (κ1) is 14.8. The molecule has 0 aliphatic carbocycles. The number of hydrogen-bond acceptors (Lipinski definition) is 4. The van der Waals surface area contributed by atoms with Crippen molar-refractivity contribution >= 4 is 16.9 Å². The molecule has 0 saturated carbocycles. The van der Waals surface area contributed by atoms with Gasteiger partial charge in [0.1, 0.15) is 18.1 Å². The molecule has 1 N–H and O–H groups in total.